The lowest BCUT2D eigenvalue weighted by atomic mass is 10.4. The van der Waals surface area contributed by atoms with E-state index in [1.54, 1.807) is 0 Å². The highest BCUT2D eigenvalue weighted by Gasteiger charge is 1.58. The Morgan fingerprint density at radius 2 is 0.308 bits per heavy atom. The first-order chi connectivity index (χ1) is 6.00. The Labute approximate surface area is 81.8 Å². The van der Waals surface area contributed by atoms with Crippen molar-refractivity contribution in [2.45, 2.75) is 0 Å². The lowest BCUT2D eigenvalue weighted by molar-refractivity contribution is 1.72. The molecule has 0 atom stereocenters. The number of hydrogen-bond donors (Lipinski definition) is 0. The van der Waals surface area contributed by atoms with Crippen LogP contribution in [0.25, 0.3) is 0 Å². The Balaban J connectivity index is 0.000000206. The van der Waals surface area contributed by atoms with Crippen LogP contribution in [-0.4, -0.2) is 8.41 Å². The number of benzene rings is 2. The smallest absolute Gasteiger partial charge is 0.0623 e. The molecule has 0 saturated carbocycles. The van der Waals surface area contributed by atoms with E-state index in [0.717, 1.165) is 0 Å². The number of rotatable bonds is 0. The second kappa shape index (κ2) is 8.60. The summed E-state index contributed by atoms with van der Waals surface area (Å²) in [5.41, 5.74) is 0. The Kier molecular flexibility index (Phi) is 7.61. The third-order valence-electron chi connectivity index (χ3n) is 1.33. The number of hydrogen-bond acceptors (Lipinski definition) is 0. The first-order valence-corrected chi connectivity index (χ1v) is 4.00. The van der Waals surface area contributed by atoms with Crippen LogP contribution in [0.4, 0.5) is 0 Å². The van der Waals surface area contributed by atoms with Crippen LogP contribution in [0, 0.1) is 0 Å². The minimum Gasteiger partial charge on any atom is -0.0623 e. The van der Waals surface area contributed by atoms with Crippen molar-refractivity contribution in [2.75, 3.05) is 0 Å². The molecule has 0 N–H and O–H groups in total. The molecule has 0 unspecified atom stereocenters. The second-order valence-electron chi connectivity index (χ2n) is 2.31. The van der Waals surface area contributed by atoms with Gasteiger partial charge in [-0.2, -0.15) is 0 Å². The lowest BCUT2D eigenvalue weighted by Crippen LogP contribution is -1.47. The van der Waals surface area contributed by atoms with Crippen LogP contribution < -0.4 is 0 Å². The second-order valence-corrected chi connectivity index (χ2v) is 2.31. The van der Waals surface area contributed by atoms with Crippen molar-refractivity contribution in [1.82, 2.24) is 0 Å². The van der Waals surface area contributed by atoms with E-state index in [9.17, 15) is 0 Å². The van der Waals surface area contributed by atoms with Crippen molar-refractivity contribution in [3.63, 3.8) is 0 Å². The van der Waals surface area contributed by atoms with Gasteiger partial charge >= 0.3 is 0 Å². The quantitative estimate of drug-likeness (QED) is 0.531. The minimum atomic E-state index is 0. The van der Waals surface area contributed by atoms with E-state index < -0.39 is 0 Å². The molecule has 0 heterocycles. The Morgan fingerprint density at radius 1 is 0.231 bits per heavy atom. The van der Waals surface area contributed by atoms with Crippen LogP contribution in [0.2, 0.25) is 0 Å². The van der Waals surface area contributed by atoms with E-state index in [1.807, 2.05) is 72.8 Å². The van der Waals surface area contributed by atoms with Gasteiger partial charge in [0.2, 0.25) is 0 Å². The van der Waals surface area contributed by atoms with E-state index in [2.05, 4.69) is 0 Å². The van der Waals surface area contributed by atoms with E-state index in [0.29, 0.717) is 0 Å². The van der Waals surface area contributed by atoms with Crippen molar-refractivity contribution in [2.24, 2.45) is 0 Å². The topological polar surface area (TPSA) is 0 Å². The maximum atomic E-state index is 2.00. The van der Waals surface area contributed by atoms with Gasteiger partial charge in [0.25, 0.3) is 0 Å². The molecule has 2 aromatic carbocycles. The molecule has 0 aliphatic carbocycles. The van der Waals surface area contributed by atoms with Crippen molar-refractivity contribution in [3.05, 3.63) is 72.8 Å². The SMILES string of the molecule is B.c1ccccc1.c1ccccc1. The minimum absolute atomic E-state index is 0. The van der Waals surface area contributed by atoms with Crippen molar-refractivity contribution in [1.29, 1.82) is 0 Å². The van der Waals surface area contributed by atoms with Gasteiger partial charge in [0, 0.05) is 0 Å². The van der Waals surface area contributed by atoms with Gasteiger partial charge < -0.3 is 0 Å². The molecule has 0 saturated heterocycles. The Morgan fingerprint density at radius 3 is 0.385 bits per heavy atom. The van der Waals surface area contributed by atoms with Crippen LogP contribution >= 0.6 is 0 Å². The molecule has 0 radical (unpaired) electrons. The standard InChI is InChI=1S/2C6H6.BH3/c2*1-2-4-6-5-3-1;/h2*1-6H;1H3. The summed E-state index contributed by atoms with van der Waals surface area (Å²) in [6.07, 6.45) is 0. The highest BCUT2D eigenvalue weighted by molar-refractivity contribution is 5.75. The molecule has 0 aliphatic heterocycles. The summed E-state index contributed by atoms with van der Waals surface area (Å²) < 4.78 is 0. The third-order valence-corrected chi connectivity index (χ3v) is 1.33. The summed E-state index contributed by atoms with van der Waals surface area (Å²) in [5, 5.41) is 0. The zero-order chi connectivity index (χ0) is 8.49. The van der Waals surface area contributed by atoms with Crippen molar-refractivity contribution >= 4 is 8.41 Å². The van der Waals surface area contributed by atoms with Gasteiger partial charge in [0.1, 0.15) is 0 Å². The zero-order valence-electron chi connectivity index (χ0n) is 6.93. The van der Waals surface area contributed by atoms with Gasteiger partial charge in [-0.1, -0.05) is 72.8 Å². The van der Waals surface area contributed by atoms with E-state index in [1.165, 1.54) is 0 Å². The third kappa shape index (κ3) is 6.89. The summed E-state index contributed by atoms with van der Waals surface area (Å²) in [4.78, 5) is 0. The Hall–Kier alpha value is -1.50. The molecule has 0 aliphatic rings. The fourth-order valence-electron chi connectivity index (χ4n) is 0.770. The van der Waals surface area contributed by atoms with E-state index in [4.69, 9.17) is 0 Å². The van der Waals surface area contributed by atoms with E-state index >= 15 is 0 Å². The molecular formula is C12H15B. The maximum absolute atomic E-state index is 2.00. The fourth-order valence-corrected chi connectivity index (χ4v) is 0.770. The highest BCUT2D eigenvalue weighted by atomic mass is 13.7. The molecule has 66 valence electrons. The first-order valence-electron chi connectivity index (χ1n) is 4.00. The van der Waals surface area contributed by atoms with Crippen LogP contribution in [0.5, 0.6) is 0 Å². The summed E-state index contributed by atoms with van der Waals surface area (Å²) in [5.74, 6) is 0. The van der Waals surface area contributed by atoms with Gasteiger partial charge in [-0.3, -0.25) is 0 Å². The summed E-state index contributed by atoms with van der Waals surface area (Å²) in [6.45, 7) is 0. The molecule has 2 aromatic rings. The van der Waals surface area contributed by atoms with Gasteiger partial charge in [0.05, 0.1) is 8.41 Å². The van der Waals surface area contributed by atoms with Crippen molar-refractivity contribution in [3.8, 4) is 0 Å². The monoisotopic (exact) mass is 170 g/mol. The van der Waals surface area contributed by atoms with Crippen LogP contribution in [-0.2, 0) is 0 Å². The normalized spacial score (nSPS) is 7.38. The van der Waals surface area contributed by atoms with Crippen LogP contribution in [0.1, 0.15) is 0 Å². The molecule has 0 aromatic heterocycles. The molecular weight excluding hydrogens is 155 g/mol. The van der Waals surface area contributed by atoms with Gasteiger partial charge in [-0.25, -0.2) is 0 Å². The molecule has 1 heteroatoms. The van der Waals surface area contributed by atoms with E-state index in [-0.39, 0.29) is 8.41 Å². The molecule has 0 fully saturated rings. The molecule has 2 rings (SSSR count). The summed E-state index contributed by atoms with van der Waals surface area (Å²) in [6, 6.07) is 24.0. The predicted molar refractivity (Wildman–Crippen MR) is 62.8 cm³/mol. The average Bonchev–Trinajstić information content (AvgIpc) is 2.24. The first kappa shape index (κ1) is 11.5. The Bertz CT molecular complexity index is 181. The van der Waals surface area contributed by atoms with Gasteiger partial charge in [-0.15, -0.1) is 0 Å². The molecule has 0 bridgehead atoms. The van der Waals surface area contributed by atoms with Crippen LogP contribution in [0.3, 0.4) is 0 Å². The van der Waals surface area contributed by atoms with Crippen LogP contribution in [0.15, 0.2) is 72.8 Å². The molecule has 0 nitrogen and oxygen atoms in total. The fraction of sp³-hybridized carbons (Fsp3) is 0. The highest BCUT2D eigenvalue weighted by Crippen LogP contribution is 1.80. The van der Waals surface area contributed by atoms with Gasteiger partial charge in [-0.05, 0) is 0 Å². The summed E-state index contributed by atoms with van der Waals surface area (Å²) >= 11 is 0. The molecule has 0 spiro atoms. The largest absolute Gasteiger partial charge is 0.0814 e. The zero-order valence-corrected chi connectivity index (χ0v) is 6.93. The maximum Gasteiger partial charge on any atom is 0.0814 e. The summed E-state index contributed by atoms with van der Waals surface area (Å²) in [7, 11) is 0. The molecule has 0 amide bonds. The predicted octanol–water partition coefficient (Wildman–Crippen LogP) is 2.19. The molecule has 13 heavy (non-hydrogen) atoms. The van der Waals surface area contributed by atoms with Gasteiger partial charge in [0.15, 0.2) is 0 Å². The van der Waals surface area contributed by atoms with Crippen molar-refractivity contribution < 1.29 is 0 Å². The lowest BCUT2D eigenvalue weighted by Gasteiger charge is -1.69. The average molecular weight is 170 g/mol.